The fourth-order valence-corrected chi connectivity index (χ4v) is 1.78. The summed E-state index contributed by atoms with van der Waals surface area (Å²) in [6.07, 6.45) is -2.57. The van der Waals surface area contributed by atoms with E-state index in [-0.39, 0.29) is 0 Å². The molecule has 0 radical (unpaired) electrons. The molecule has 1 aromatic heterocycles. The predicted octanol–water partition coefficient (Wildman–Crippen LogP) is 3.98. The van der Waals surface area contributed by atoms with Crippen LogP contribution in [-0.2, 0) is 12.7 Å². The molecule has 2 aromatic rings. The van der Waals surface area contributed by atoms with Gasteiger partial charge in [-0.2, -0.15) is 13.2 Å². The van der Waals surface area contributed by atoms with E-state index in [1.165, 1.54) is 0 Å². The van der Waals surface area contributed by atoms with E-state index in [0.717, 1.165) is 12.6 Å². The van der Waals surface area contributed by atoms with Crippen molar-refractivity contribution in [1.82, 2.24) is 9.55 Å². The third-order valence-electron chi connectivity index (χ3n) is 2.56. The largest absolute Gasteiger partial charge is 0.434 e. The van der Waals surface area contributed by atoms with Crippen molar-refractivity contribution >= 4 is 0 Å². The highest BCUT2D eigenvalue weighted by Gasteiger charge is 2.34. The Balaban J connectivity index is 2.49. The summed E-state index contributed by atoms with van der Waals surface area (Å²) in [5.41, 5.74) is -0.142. The summed E-state index contributed by atoms with van der Waals surface area (Å²) in [7, 11) is 0. The van der Waals surface area contributed by atoms with Crippen molar-refractivity contribution in [3.8, 4) is 11.4 Å². The maximum atomic E-state index is 12.7. The molecular weight excluding hydrogens is 241 g/mol. The van der Waals surface area contributed by atoms with E-state index in [1.54, 1.807) is 28.8 Å². The van der Waals surface area contributed by atoms with Crippen molar-refractivity contribution in [2.24, 2.45) is 0 Å². The zero-order chi connectivity index (χ0) is 13.2. The molecule has 0 atom stereocenters. The van der Waals surface area contributed by atoms with Gasteiger partial charge in [-0.15, -0.1) is 0 Å². The normalized spacial score (nSPS) is 11.8. The van der Waals surface area contributed by atoms with Crippen LogP contribution in [-0.4, -0.2) is 9.55 Å². The second-order valence-corrected chi connectivity index (χ2v) is 4.01. The Morgan fingerprint density at radius 3 is 2.39 bits per heavy atom. The maximum Gasteiger partial charge on any atom is 0.434 e. The van der Waals surface area contributed by atoms with Gasteiger partial charge in [-0.3, -0.25) is 0 Å². The molecular formula is C13H13F3N2. The van der Waals surface area contributed by atoms with Gasteiger partial charge in [0.25, 0.3) is 0 Å². The van der Waals surface area contributed by atoms with Crippen LogP contribution in [0.1, 0.15) is 19.0 Å². The number of halogens is 3. The molecule has 2 nitrogen and oxygen atoms in total. The van der Waals surface area contributed by atoms with Crippen molar-refractivity contribution in [3.05, 3.63) is 42.2 Å². The van der Waals surface area contributed by atoms with Gasteiger partial charge in [-0.1, -0.05) is 37.3 Å². The maximum absolute atomic E-state index is 12.7. The number of rotatable bonds is 3. The Morgan fingerprint density at radius 2 is 1.83 bits per heavy atom. The van der Waals surface area contributed by atoms with Crippen LogP contribution >= 0.6 is 0 Å². The van der Waals surface area contributed by atoms with Crippen LogP contribution in [0.15, 0.2) is 36.5 Å². The van der Waals surface area contributed by atoms with Gasteiger partial charge >= 0.3 is 6.18 Å². The number of aromatic nitrogens is 2. The fourth-order valence-electron chi connectivity index (χ4n) is 1.78. The summed E-state index contributed by atoms with van der Waals surface area (Å²) in [5.74, 6) is 0.366. The lowest BCUT2D eigenvalue weighted by Crippen LogP contribution is -2.05. The Kier molecular flexibility index (Phi) is 3.41. The standard InChI is InChI=1S/C13H13F3N2/c1-2-8-18-9-11(13(14,15)16)17-12(18)10-6-4-3-5-7-10/h3-7,9H,2,8H2,1H3. The van der Waals surface area contributed by atoms with E-state index in [9.17, 15) is 13.2 Å². The molecule has 2 rings (SSSR count). The van der Waals surface area contributed by atoms with Gasteiger partial charge < -0.3 is 4.57 Å². The number of hydrogen-bond donors (Lipinski definition) is 0. The SMILES string of the molecule is CCCn1cc(C(F)(F)F)nc1-c1ccccc1. The number of aryl methyl sites for hydroxylation is 1. The molecule has 0 fully saturated rings. The Hall–Kier alpha value is -1.78. The summed E-state index contributed by atoms with van der Waals surface area (Å²) in [5, 5.41) is 0. The van der Waals surface area contributed by atoms with Gasteiger partial charge in [-0.25, -0.2) is 4.98 Å². The van der Waals surface area contributed by atoms with Gasteiger partial charge in [0.15, 0.2) is 5.69 Å². The highest BCUT2D eigenvalue weighted by atomic mass is 19.4. The van der Waals surface area contributed by atoms with Crippen LogP contribution in [0.3, 0.4) is 0 Å². The summed E-state index contributed by atoms with van der Waals surface area (Å²) in [4.78, 5) is 3.71. The molecule has 0 saturated carbocycles. The topological polar surface area (TPSA) is 17.8 Å². The molecule has 0 bridgehead atoms. The molecule has 1 aromatic carbocycles. The quantitative estimate of drug-likeness (QED) is 0.810. The minimum atomic E-state index is -4.40. The zero-order valence-electron chi connectivity index (χ0n) is 9.91. The number of alkyl halides is 3. The summed E-state index contributed by atoms with van der Waals surface area (Å²) >= 11 is 0. The molecule has 0 aliphatic heterocycles. The molecule has 0 unspecified atom stereocenters. The molecule has 0 N–H and O–H groups in total. The molecule has 96 valence electrons. The van der Waals surface area contributed by atoms with Crippen molar-refractivity contribution in [3.63, 3.8) is 0 Å². The third kappa shape index (κ3) is 2.55. The van der Waals surface area contributed by atoms with Gasteiger partial charge in [0.2, 0.25) is 0 Å². The summed E-state index contributed by atoms with van der Waals surface area (Å²) in [6, 6.07) is 8.91. The molecule has 1 heterocycles. The van der Waals surface area contributed by atoms with Crippen LogP contribution in [0, 0.1) is 0 Å². The molecule has 0 amide bonds. The van der Waals surface area contributed by atoms with Gasteiger partial charge in [0.1, 0.15) is 5.82 Å². The highest BCUT2D eigenvalue weighted by Crippen LogP contribution is 2.31. The first-order chi connectivity index (χ1) is 8.52. The van der Waals surface area contributed by atoms with Crippen molar-refractivity contribution in [1.29, 1.82) is 0 Å². The lowest BCUT2D eigenvalue weighted by molar-refractivity contribution is -0.140. The van der Waals surface area contributed by atoms with E-state index in [2.05, 4.69) is 4.98 Å². The average molecular weight is 254 g/mol. The number of imidazole rings is 1. The van der Waals surface area contributed by atoms with Crippen molar-refractivity contribution in [2.75, 3.05) is 0 Å². The average Bonchev–Trinajstić information content (AvgIpc) is 2.75. The summed E-state index contributed by atoms with van der Waals surface area (Å²) < 4.78 is 39.5. The van der Waals surface area contributed by atoms with E-state index in [0.29, 0.717) is 17.9 Å². The first-order valence-electron chi connectivity index (χ1n) is 5.72. The smallest absolute Gasteiger partial charge is 0.330 e. The third-order valence-corrected chi connectivity index (χ3v) is 2.56. The van der Waals surface area contributed by atoms with E-state index < -0.39 is 11.9 Å². The summed E-state index contributed by atoms with van der Waals surface area (Å²) in [6.45, 7) is 2.44. The lowest BCUT2D eigenvalue weighted by atomic mass is 10.2. The number of hydrogen-bond acceptors (Lipinski definition) is 1. The molecule has 5 heteroatoms. The van der Waals surface area contributed by atoms with E-state index >= 15 is 0 Å². The molecule has 0 spiro atoms. The van der Waals surface area contributed by atoms with Gasteiger partial charge in [-0.05, 0) is 6.42 Å². The van der Waals surface area contributed by atoms with Crippen LogP contribution in [0.5, 0.6) is 0 Å². The first-order valence-corrected chi connectivity index (χ1v) is 5.72. The van der Waals surface area contributed by atoms with Gasteiger partial charge in [0.05, 0.1) is 0 Å². The highest BCUT2D eigenvalue weighted by molar-refractivity contribution is 5.55. The minimum absolute atomic E-state index is 0.366. The number of nitrogens with zero attached hydrogens (tertiary/aromatic N) is 2. The van der Waals surface area contributed by atoms with Crippen LogP contribution < -0.4 is 0 Å². The first kappa shape index (κ1) is 12.7. The van der Waals surface area contributed by atoms with Crippen molar-refractivity contribution < 1.29 is 13.2 Å². The zero-order valence-corrected chi connectivity index (χ0v) is 9.91. The molecule has 18 heavy (non-hydrogen) atoms. The fraction of sp³-hybridized carbons (Fsp3) is 0.308. The predicted molar refractivity (Wildman–Crippen MR) is 63.0 cm³/mol. The lowest BCUT2D eigenvalue weighted by Gasteiger charge is -2.05. The van der Waals surface area contributed by atoms with E-state index in [1.807, 2.05) is 13.0 Å². The second-order valence-electron chi connectivity index (χ2n) is 4.01. The van der Waals surface area contributed by atoms with Crippen LogP contribution in [0.25, 0.3) is 11.4 Å². The Bertz CT molecular complexity index is 515. The Labute approximate surface area is 103 Å². The van der Waals surface area contributed by atoms with Crippen LogP contribution in [0.4, 0.5) is 13.2 Å². The number of benzene rings is 1. The molecule has 0 saturated heterocycles. The monoisotopic (exact) mass is 254 g/mol. The molecule has 0 aliphatic rings. The second kappa shape index (κ2) is 4.84. The van der Waals surface area contributed by atoms with Gasteiger partial charge in [0, 0.05) is 18.3 Å². The molecule has 0 aliphatic carbocycles. The van der Waals surface area contributed by atoms with E-state index in [4.69, 9.17) is 0 Å². The Morgan fingerprint density at radius 1 is 1.17 bits per heavy atom. The minimum Gasteiger partial charge on any atom is -0.330 e. The van der Waals surface area contributed by atoms with Crippen molar-refractivity contribution in [2.45, 2.75) is 26.1 Å². The van der Waals surface area contributed by atoms with Crippen LogP contribution in [0.2, 0.25) is 0 Å².